The van der Waals surface area contributed by atoms with Gasteiger partial charge in [-0.05, 0) is 30.7 Å². The van der Waals surface area contributed by atoms with Gasteiger partial charge in [0.1, 0.15) is 6.07 Å². The number of nitriles is 1. The summed E-state index contributed by atoms with van der Waals surface area (Å²) in [7, 11) is 1.31. The molecule has 0 aliphatic heterocycles. The maximum absolute atomic E-state index is 11.3. The van der Waals surface area contributed by atoms with Crippen molar-refractivity contribution in [2.24, 2.45) is 10.8 Å². The smallest absolute Gasteiger partial charge is 0.337 e. The van der Waals surface area contributed by atoms with Crippen LogP contribution in [-0.2, 0) is 4.74 Å². The van der Waals surface area contributed by atoms with Gasteiger partial charge in [-0.1, -0.05) is 0 Å². The van der Waals surface area contributed by atoms with Gasteiger partial charge in [0, 0.05) is 0 Å². The minimum Gasteiger partial charge on any atom is -0.465 e. The van der Waals surface area contributed by atoms with E-state index in [0.29, 0.717) is 11.3 Å². The number of hydrogen-bond acceptors (Lipinski definition) is 6. The largest absolute Gasteiger partial charge is 0.465 e. The van der Waals surface area contributed by atoms with Crippen LogP contribution in [0, 0.1) is 23.7 Å². The van der Waals surface area contributed by atoms with Gasteiger partial charge >= 0.3 is 5.97 Å². The predicted molar refractivity (Wildman–Crippen MR) is 71.1 cm³/mol. The number of aryl methyl sites for hydroxylation is 1. The highest BCUT2D eigenvalue weighted by molar-refractivity contribution is 6.45. The lowest BCUT2D eigenvalue weighted by molar-refractivity contribution is 0.0600. The van der Waals surface area contributed by atoms with Gasteiger partial charge in [-0.25, -0.2) is 4.79 Å². The van der Waals surface area contributed by atoms with Crippen LogP contribution in [0.5, 0.6) is 0 Å². The Balaban J connectivity index is 2.96. The number of rotatable bonds is 4. The Labute approximate surface area is 110 Å². The summed E-state index contributed by atoms with van der Waals surface area (Å²) >= 11 is 0. The van der Waals surface area contributed by atoms with Crippen LogP contribution >= 0.6 is 0 Å². The topological polar surface area (TPSA) is 124 Å². The fraction of sp³-hybridized carbons (Fsp3) is 0.167. The Bertz CT molecular complexity index is 586. The van der Waals surface area contributed by atoms with E-state index in [0.717, 1.165) is 5.56 Å². The average molecular weight is 259 g/mol. The van der Waals surface area contributed by atoms with Gasteiger partial charge in [0.15, 0.2) is 5.84 Å². The van der Waals surface area contributed by atoms with E-state index in [2.05, 4.69) is 15.3 Å². The van der Waals surface area contributed by atoms with E-state index in [9.17, 15) is 4.79 Å². The fourth-order valence-corrected chi connectivity index (χ4v) is 1.30. The molecule has 0 spiro atoms. The van der Waals surface area contributed by atoms with Gasteiger partial charge in [0.05, 0.1) is 18.4 Å². The van der Waals surface area contributed by atoms with Crippen LogP contribution in [0.2, 0.25) is 0 Å². The molecule has 19 heavy (non-hydrogen) atoms. The van der Waals surface area contributed by atoms with Crippen LogP contribution in [0.4, 0.5) is 5.69 Å². The number of anilines is 1. The summed E-state index contributed by atoms with van der Waals surface area (Å²) in [6.07, 6.45) is 0. The van der Waals surface area contributed by atoms with Crippen LogP contribution in [0.15, 0.2) is 23.3 Å². The molecular weight excluding hydrogens is 246 g/mol. The number of hydrazone groups is 1. The molecule has 0 aliphatic rings. The van der Waals surface area contributed by atoms with Crippen molar-refractivity contribution in [3.05, 3.63) is 29.3 Å². The second kappa shape index (κ2) is 6.16. The highest BCUT2D eigenvalue weighted by Crippen LogP contribution is 2.17. The van der Waals surface area contributed by atoms with Crippen molar-refractivity contribution in [1.82, 2.24) is 0 Å². The molecule has 7 heteroatoms. The third kappa shape index (κ3) is 3.54. The lowest BCUT2D eigenvalue weighted by Crippen LogP contribution is -2.22. The fourth-order valence-electron chi connectivity index (χ4n) is 1.30. The van der Waals surface area contributed by atoms with Crippen molar-refractivity contribution in [1.29, 1.82) is 10.7 Å². The molecule has 4 N–H and O–H groups in total. The normalized spacial score (nSPS) is 10.5. The Morgan fingerprint density at radius 3 is 2.74 bits per heavy atom. The number of nitrogens with one attached hydrogen (secondary N) is 2. The summed E-state index contributed by atoms with van der Waals surface area (Å²) in [5.41, 5.74) is 9.33. The molecule has 0 fully saturated rings. The molecule has 0 unspecified atom stereocenters. The zero-order chi connectivity index (χ0) is 14.4. The van der Waals surface area contributed by atoms with Crippen molar-refractivity contribution in [3.8, 4) is 6.07 Å². The predicted octanol–water partition coefficient (Wildman–Crippen LogP) is 1.01. The second-order valence-corrected chi connectivity index (χ2v) is 3.62. The molecule has 0 amide bonds. The van der Waals surface area contributed by atoms with E-state index in [1.54, 1.807) is 31.2 Å². The molecule has 0 heterocycles. The highest BCUT2D eigenvalue weighted by atomic mass is 16.5. The summed E-state index contributed by atoms with van der Waals surface area (Å²) in [5.74, 6) is -0.849. The van der Waals surface area contributed by atoms with E-state index in [1.165, 1.54) is 7.11 Å². The quantitative estimate of drug-likeness (QED) is 0.322. The zero-order valence-electron chi connectivity index (χ0n) is 10.5. The highest BCUT2D eigenvalue weighted by Gasteiger charge is 2.07. The van der Waals surface area contributed by atoms with Gasteiger partial charge in [0.2, 0.25) is 5.71 Å². The Kier molecular flexibility index (Phi) is 4.60. The average Bonchev–Trinajstić information content (AvgIpc) is 2.39. The molecule has 1 aromatic rings. The maximum atomic E-state index is 11.3. The van der Waals surface area contributed by atoms with Crippen LogP contribution < -0.4 is 11.2 Å². The van der Waals surface area contributed by atoms with Crippen molar-refractivity contribution < 1.29 is 9.53 Å². The van der Waals surface area contributed by atoms with E-state index in [-0.39, 0.29) is 5.71 Å². The van der Waals surface area contributed by atoms with Crippen molar-refractivity contribution >= 4 is 23.2 Å². The first-order chi connectivity index (χ1) is 8.99. The second-order valence-electron chi connectivity index (χ2n) is 3.62. The molecule has 1 aromatic carbocycles. The monoisotopic (exact) mass is 259 g/mol. The minimum absolute atomic E-state index is 0.212. The molecule has 0 saturated heterocycles. The minimum atomic E-state index is -0.431. The number of methoxy groups -OCH3 is 1. The van der Waals surface area contributed by atoms with Crippen molar-refractivity contribution in [2.45, 2.75) is 6.92 Å². The van der Waals surface area contributed by atoms with Gasteiger partial charge in [-0.15, -0.1) is 0 Å². The van der Waals surface area contributed by atoms with Gasteiger partial charge in [-0.3, -0.25) is 10.8 Å². The SMILES string of the molecule is COC(=O)c1ccc(N/N=C(\C#N)C(=N)N)c(C)c1. The van der Waals surface area contributed by atoms with Crippen LogP contribution in [0.25, 0.3) is 0 Å². The van der Waals surface area contributed by atoms with Crippen molar-refractivity contribution in [2.75, 3.05) is 12.5 Å². The van der Waals surface area contributed by atoms with Crippen LogP contribution in [-0.4, -0.2) is 24.6 Å². The summed E-state index contributed by atoms with van der Waals surface area (Å²) < 4.78 is 4.60. The third-order valence-corrected chi connectivity index (χ3v) is 2.30. The van der Waals surface area contributed by atoms with E-state index >= 15 is 0 Å². The number of benzene rings is 1. The lowest BCUT2D eigenvalue weighted by Gasteiger charge is -2.07. The maximum Gasteiger partial charge on any atom is 0.337 e. The summed E-state index contributed by atoms with van der Waals surface area (Å²) in [5, 5.41) is 19.5. The van der Waals surface area contributed by atoms with Crippen molar-refractivity contribution in [3.63, 3.8) is 0 Å². The molecule has 7 nitrogen and oxygen atoms in total. The molecule has 0 atom stereocenters. The number of carbonyl (C=O) groups excluding carboxylic acids is 1. The molecule has 98 valence electrons. The number of nitrogens with zero attached hydrogens (tertiary/aromatic N) is 2. The molecule has 0 radical (unpaired) electrons. The Hall–Kier alpha value is -2.88. The number of carbonyl (C=O) groups is 1. The molecule has 1 rings (SSSR count). The van der Waals surface area contributed by atoms with E-state index < -0.39 is 11.8 Å². The first-order valence-corrected chi connectivity index (χ1v) is 5.26. The lowest BCUT2D eigenvalue weighted by atomic mass is 10.1. The molecular formula is C12H13N5O2. The summed E-state index contributed by atoms with van der Waals surface area (Å²) in [6.45, 7) is 1.77. The molecule has 0 aromatic heterocycles. The summed E-state index contributed by atoms with van der Waals surface area (Å²) in [4.78, 5) is 11.3. The van der Waals surface area contributed by atoms with E-state index in [4.69, 9.17) is 16.4 Å². The number of amidine groups is 1. The van der Waals surface area contributed by atoms with E-state index in [1.807, 2.05) is 0 Å². The molecule has 0 aliphatic carbocycles. The van der Waals surface area contributed by atoms with Crippen LogP contribution in [0.1, 0.15) is 15.9 Å². The van der Waals surface area contributed by atoms with Gasteiger partial charge in [-0.2, -0.15) is 10.4 Å². The van der Waals surface area contributed by atoms with Gasteiger partial charge in [0.25, 0.3) is 0 Å². The number of nitrogens with two attached hydrogens (primary N) is 1. The number of ether oxygens (including phenoxy) is 1. The summed E-state index contributed by atoms with van der Waals surface area (Å²) in [6, 6.07) is 6.51. The molecule has 0 saturated carbocycles. The number of hydrogen-bond donors (Lipinski definition) is 3. The Morgan fingerprint density at radius 1 is 1.58 bits per heavy atom. The first-order valence-electron chi connectivity index (χ1n) is 5.26. The Morgan fingerprint density at radius 2 is 2.26 bits per heavy atom. The number of esters is 1. The third-order valence-electron chi connectivity index (χ3n) is 2.30. The standard InChI is InChI=1S/C12H13N5O2/c1-7-5-8(12(18)19-2)3-4-9(7)16-17-10(6-13)11(14)15/h3-5,16H,1-2H3,(H3,14,15)/b17-10+. The zero-order valence-corrected chi connectivity index (χ0v) is 10.5. The first kappa shape index (κ1) is 14.2. The van der Waals surface area contributed by atoms with Crippen LogP contribution in [0.3, 0.4) is 0 Å². The molecule has 0 bridgehead atoms. The van der Waals surface area contributed by atoms with Gasteiger partial charge < -0.3 is 10.5 Å².